The number of hydrogen-bond acceptors (Lipinski definition) is 10. The van der Waals surface area contributed by atoms with Gasteiger partial charge < -0.3 is 15.0 Å². The smallest absolute Gasteiger partial charge is 0.222 e. The van der Waals surface area contributed by atoms with E-state index in [9.17, 15) is 0 Å². The van der Waals surface area contributed by atoms with Gasteiger partial charge in [-0.05, 0) is 27.1 Å². The lowest BCUT2D eigenvalue weighted by molar-refractivity contribution is 0.276. The zero-order valence-electron chi connectivity index (χ0n) is 24.6. The number of fused-ring (bicyclic) bond motifs is 5. The summed E-state index contributed by atoms with van der Waals surface area (Å²) in [4.78, 5) is 22.0. The van der Waals surface area contributed by atoms with Crippen molar-refractivity contribution in [3.05, 3.63) is 41.3 Å². The summed E-state index contributed by atoms with van der Waals surface area (Å²) in [6, 6.07) is 3.82. The van der Waals surface area contributed by atoms with Gasteiger partial charge >= 0.3 is 0 Å². The molecule has 0 spiro atoms. The molecule has 1 aliphatic heterocycles. The normalized spacial score (nSPS) is 12.4. The molecule has 0 fully saturated rings. The highest BCUT2D eigenvalue weighted by atomic mass is 32.1. The second-order valence-electron chi connectivity index (χ2n) is 9.00. The third kappa shape index (κ3) is 5.97. The molecule has 40 heavy (non-hydrogen) atoms. The van der Waals surface area contributed by atoms with E-state index >= 15 is 0 Å². The number of pyridine rings is 1. The molecule has 0 saturated heterocycles. The molecule has 5 aromatic rings. The van der Waals surface area contributed by atoms with E-state index in [2.05, 4.69) is 51.3 Å². The summed E-state index contributed by atoms with van der Waals surface area (Å²) < 4.78 is 9.85. The molecule has 0 aliphatic carbocycles. The number of nitrogens with zero attached hydrogens (tertiary/aromatic N) is 9. The molecule has 212 valence electrons. The van der Waals surface area contributed by atoms with Crippen LogP contribution in [0.4, 0.5) is 11.6 Å². The summed E-state index contributed by atoms with van der Waals surface area (Å²) in [7, 11) is 5.98. The summed E-state index contributed by atoms with van der Waals surface area (Å²) in [6.07, 6.45) is 6.06. The second kappa shape index (κ2) is 13.0. The first-order valence-corrected chi connectivity index (χ1v) is 14.5. The van der Waals surface area contributed by atoms with Gasteiger partial charge in [0.25, 0.3) is 0 Å². The zero-order chi connectivity index (χ0) is 28.8. The average Bonchev–Trinajstić information content (AvgIpc) is 3.63. The lowest BCUT2D eigenvalue weighted by Gasteiger charge is -2.11. The summed E-state index contributed by atoms with van der Waals surface area (Å²) in [5, 5.41) is 14.5. The van der Waals surface area contributed by atoms with E-state index in [0.717, 1.165) is 45.8 Å². The Labute approximate surface area is 239 Å². The lowest BCUT2D eigenvalue weighted by Crippen LogP contribution is -2.10. The number of rotatable bonds is 3. The maximum absolute atomic E-state index is 6.13. The fourth-order valence-electron chi connectivity index (χ4n) is 4.25. The number of aromatic nitrogens is 8. The molecule has 0 aromatic carbocycles. The van der Waals surface area contributed by atoms with E-state index in [1.807, 2.05) is 57.8 Å². The van der Waals surface area contributed by atoms with Crippen molar-refractivity contribution in [2.45, 2.75) is 54.1 Å². The van der Waals surface area contributed by atoms with Crippen LogP contribution in [0.5, 0.6) is 5.88 Å². The van der Waals surface area contributed by atoms with E-state index in [1.165, 1.54) is 4.88 Å². The molecule has 6 rings (SSSR count). The van der Waals surface area contributed by atoms with Crippen molar-refractivity contribution in [2.24, 2.45) is 7.05 Å². The van der Waals surface area contributed by atoms with Gasteiger partial charge in [-0.2, -0.15) is 10.2 Å². The number of nitrogens with one attached hydrogen (secondary N) is 1. The fraction of sp³-hybridized carbons (Fsp3) is 0.429. The van der Waals surface area contributed by atoms with E-state index in [0.29, 0.717) is 36.5 Å². The molecule has 1 N–H and O–H groups in total. The first-order chi connectivity index (χ1) is 19.5. The van der Waals surface area contributed by atoms with Crippen LogP contribution in [0.1, 0.15) is 44.7 Å². The number of anilines is 2. The fourth-order valence-corrected chi connectivity index (χ4v) is 5.43. The second-order valence-corrected chi connectivity index (χ2v) is 10.1. The SMILES string of the molecule is CC.CC.Cc1nc(-c2nn3c4cc(ncc24)Nc2ccnc(n2)-c2cnn(C)c2OCCC3)sc1CN(C)C. The van der Waals surface area contributed by atoms with Crippen molar-refractivity contribution < 1.29 is 4.74 Å². The van der Waals surface area contributed by atoms with Crippen molar-refractivity contribution in [3.8, 4) is 28.0 Å². The number of aryl methyl sites for hydroxylation is 3. The molecule has 12 heteroatoms. The average molecular weight is 563 g/mol. The highest BCUT2D eigenvalue weighted by molar-refractivity contribution is 7.15. The maximum Gasteiger partial charge on any atom is 0.222 e. The van der Waals surface area contributed by atoms with Crippen molar-refractivity contribution in [2.75, 3.05) is 26.0 Å². The number of thiazole rings is 1. The molecular formula is C28H38N10OS. The molecule has 0 saturated carbocycles. The van der Waals surface area contributed by atoms with E-state index in [1.54, 1.807) is 28.4 Å². The van der Waals surface area contributed by atoms with E-state index in [-0.39, 0.29) is 0 Å². The highest BCUT2D eigenvalue weighted by Gasteiger charge is 2.20. The highest BCUT2D eigenvalue weighted by Crippen LogP contribution is 2.34. The van der Waals surface area contributed by atoms with Crippen molar-refractivity contribution >= 4 is 33.9 Å². The summed E-state index contributed by atoms with van der Waals surface area (Å²) in [6.45, 7) is 12.1. The van der Waals surface area contributed by atoms with Gasteiger partial charge in [-0.25, -0.2) is 24.6 Å². The molecular weight excluding hydrogens is 524 g/mol. The Morgan fingerprint density at radius 1 is 1.07 bits per heavy atom. The van der Waals surface area contributed by atoms with Gasteiger partial charge in [0.15, 0.2) is 5.82 Å². The Morgan fingerprint density at radius 3 is 2.65 bits per heavy atom. The van der Waals surface area contributed by atoms with Crippen LogP contribution in [-0.2, 0) is 20.1 Å². The van der Waals surface area contributed by atoms with Crippen LogP contribution in [0.3, 0.4) is 0 Å². The summed E-state index contributed by atoms with van der Waals surface area (Å²) in [5.74, 6) is 2.50. The zero-order valence-corrected chi connectivity index (χ0v) is 25.4. The standard InChI is InChI=1S/C24H26N10OS.2C2H6/c1-14-18(13-32(2)3)36-23(28-14)21-15-11-26-20-10-17(15)34(31-21)8-5-9-35-24-16(12-27-33(24)4)22-25-7-6-19(29-20)30-22;2*1-2/h6-7,10-12H,5,8-9,13H2,1-4H3,(H,25,26,29,30);2*1-2H3. The third-order valence-electron chi connectivity index (χ3n) is 5.98. The molecule has 0 amide bonds. The van der Waals surface area contributed by atoms with Crippen LogP contribution in [0.2, 0.25) is 0 Å². The Balaban J connectivity index is 0.000000886. The molecule has 0 unspecified atom stereocenters. The van der Waals surface area contributed by atoms with Gasteiger partial charge in [0, 0.05) is 55.3 Å². The van der Waals surface area contributed by atoms with Crippen LogP contribution in [0, 0.1) is 6.92 Å². The first kappa shape index (κ1) is 29.1. The van der Waals surface area contributed by atoms with Crippen LogP contribution >= 0.6 is 11.3 Å². The molecule has 1 aliphatic rings. The van der Waals surface area contributed by atoms with Crippen LogP contribution < -0.4 is 10.1 Å². The largest absolute Gasteiger partial charge is 0.477 e. The predicted octanol–water partition coefficient (Wildman–Crippen LogP) is 5.69. The molecule has 4 bridgehead atoms. The van der Waals surface area contributed by atoms with E-state index in [4.69, 9.17) is 14.8 Å². The minimum Gasteiger partial charge on any atom is -0.477 e. The van der Waals surface area contributed by atoms with Gasteiger partial charge in [0.05, 0.1) is 24.0 Å². The lowest BCUT2D eigenvalue weighted by atomic mass is 10.2. The van der Waals surface area contributed by atoms with Gasteiger partial charge in [-0.1, -0.05) is 27.7 Å². The Kier molecular flexibility index (Phi) is 9.43. The number of hydrogen-bond donors (Lipinski definition) is 1. The molecule has 6 heterocycles. The molecule has 0 radical (unpaired) electrons. The van der Waals surface area contributed by atoms with Crippen LogP contribution in [0.15, 0.2) is 30.7 Å². The monoisotopic (exact) mass is 562 g/mol. The third-order valence-corrected chi connectivity index (χ3v) is 7.13. The minimum absolute atomic E-state index is 0.502. The molecule has 11 nitrogen and oxygen atoms in total. The molecule has 5 aromatic heterocycles. The summed E-state index contributed by atoms with van der Waals surface area (Å²) in [5.41, 5.74) is 3.62. The van der Waals surface area contributed by atoms with Gasteiger partial charge in [-0.15, -0.1) is 11.3 Å². The van der Waals surface area contributed by atoms with Crippen LogP contribution in [-0.4, -0.2) is 65.1 Å². The van der Waals surface area contributed by atoms with Crippen molar-refractivity contribution in [1.82, 2.24) is 44.4 Å². The number of ether oxygens (including phenoxy) is 1. The van der Waals surface area contributed by atoms with Gasteiger partial charge in [-0.3, -0.25) is 4.68 Å². The van der Waals surface area contributed by atoms with Gasteiger partial charge in [0.1, 0.15) is 27.9 Å². The van der Waals surface area contributed by atoms with Crippen LogP contribution in [0.25, 0.3) is 33.0 Å². The minimum atomic E-state index is 0.502. The maximum atomic E-state index is 6.13. The Bertz CT molecular complexity index is 1570. The molecule has 0 atom stereocenters. The van der Waals surface area contributed by atoms with Crippen molar-refractivity contribution in [3.63, 3.8) is 0 Å². The predicted molar refractivity (Wildman–Crippen MR) is 161 cm³/mol. The van der Waals surface area contributed by atoms with Crippen molar-refractivity contribution in [1.29, 1.82) is 0 Å². The Hall–Kier alpha value is -3.90. The van der Waals surface area contributed by atoms with Gasteiger partial charge in [0.2, 0.25) is 5.88 Å². The first-order valence-electron chi connectivity index (χ1n) is 13.7. The quantitative estimate of drug-likeness (QED) is 0.296. The summed E-state index contributed by atoms with van der Waals surface area (Å²) >= 11 is 1.69. The Morgan fingerprint density at radius 2 is 1.88 bits per heavy atom. The van der Waals surface area contributed by atoms with E-state index < -0.39 is 0 Å². The topological polar surface area (TPSA) is 112 Å².